The summed E-state index contributed by atoms with van der Waals surface area (Å²) in [5, 5.41) is 6.44. The molecule has 0 saturated carbocycles. The molecule has 0 fully saturated rings. The van der Waals surface area contributed by atoms with Crippen LogP contribution in [0.2, 0.25) is 0 Å². The zero-order chi connectivity index (χ0) is 22.8. The second-order valence-corrected chi connectivity index (χ2v) is 9.62. The van der Waals surface area contributed by atoms with Crippen molar-refractivity contribution in [2.45, 2.75) is 26.9 Å². The molecule has 4 aromatic rings. The van der Waals surface area contributed by atoms with Crippen molar-refractivity contribution in [2.24, 2.45) is 0 Å². The van der Waals surface area contributed by atoms with E-state index in [0.29, 0.717) is 4.88 Å². The van der Waals surface area contributed by atoms with Gasteiger partial charge >= 0.3 is 5.97 Å². The molecule has 32 heavy (non-hydrogen) atoms. The monoisotopic (exact) mass is 466 g/mol. The number of para-hydroxylation sites is 1. The fraction of sp³-hybridized carbons (Fsp3) is 0.208. The van der Waals surface area contributed by atoms with Crippen LogP contribution in [0.15, 0.2) is 48.5 Å². The van der Waals surface area contributed by atoms with Gasteiger partial charge in [0.15, 0.2) is 6.10 Å². The molecule has 0 aliphatic rings. The largest absolute Gasteiger partial charge is 0.448 e. The van der Waals surface area contributed by atoms with Crippen molar-refractivity contribution in [1.29, 1.82) is 0 Å². The minimum Gasteiger partial charge on any atom is -0.448 e. The van der Waals surface area contributed by atoms with Crippen LogP contribution in [0.25, 0.3) is 19.5 Å². The molecule has 2 N–H and O–H groups in total. The molecule has 2 heterocycles. The average molecular weight is 467 g/mol. The third-order valence-electron chi connectivity index (χ3n) is 5.07. The van der Waals surface area contributed by atoms with E-state index in [2.05, 4.69) is 10.6 Å². The van der Waals surface area contributed by atoms with Gasteiger partial charge in [0.05, 0.1) is 11.2 Å². The lowest BCUT2D eigenvalue weighted by Crippen LogP contribution is -2.40. The number of fused-ring (bicyclic) bond motifs is 3. The number of rotatable bonds is 6. The fourth-order valence-corrected chi connectivity index (χ4v) is 5.79. The van der Waals surface area contributed by atoms with Gasteiger partial charge in [-0.1, -0.05) is 36.4 Å². The van der Waals surface area contributed by atoms with Gasteiger partial charge in [-0.3, -0.25) is 9.59 Å². The number of hydrogen-bond donors (Lipinski definition) is 2. The summed E-state index contributed by atoms with van der Waals surface area (Å²) in [7, 11) is 0. The van der Waals surface area contributed by atoms with Gasteiger partial charge in [0.2, 0.25) is 5.91 Å². The molecule has 1 unspecified atom stereocenters. The number of ether oxygens (including phenoxy) is 1. The molecule has 2 aromatic heterocycles. The highest BCUT2D eigenvalue weighted by atomic mass is 32.1. The molecular weight excluding hydrogens is 444 g/mol. The average Bonchev–Trinajstić information content (AvgIpc) is 3.33. The number of nitrogens with one attached hydrogen (secondary N) is 2. The molecule has 164 valence electrons. The van der Waals surface area contributed by atoms with Gasteiger partial charge < -0.3 is 15.4 Å². The maximum atomic E-state index is 12.6. The highest BCUT2D eigenvalue weighted by Gasteiger charge is 2.22. The van der Waals surface area contributed by atoms with Crippen molar-refractivity contribution in [1.82, 2.24) is 5.32 Å². The summed E-state index contributed by atoms with van der Waals surface area (Å²) in [6.07, 6.45) is -1.02. The number of anilines is 1. The fourth-order valence-electron chi connectivity index (χ4n) is 3.38. The van der Waals surface area contributed by atoms with Crippen molar-refractivity contribution >= 4 is 65.6 Å². The topological polar surface area (TPSA) is 84.5 Å². The molecule has 2 amide bonds. The van der Waals surface area contributed by atoms with Crippen LogP contribution in [-0.4, -0.2) is 30.4 Å². The molecule has 0 bridgehead atoms. The molecule has 4 rings (SSSR count). The summed E-state index contributed by atoms with van der Waals surface area (Å²) >= 11 is 2.98. The van der Waals surface area contributed by atoms with E-state index in [4.69, 9.17) is 4.74 Å². The van der Waals surface area contributed by atoms with Gasteiger partial charge in [-0.25, -0.2) is 4.79 Å². The van der Waals surface area contributed by atoms with Crippen LogP contribution in [0.1, 0.15) is 27.7 Å². The molecule has 2 aromatic carbocycles. The number of thiophene rings is 2. The van der Waals surface area contributed by atoms with E-state index in [1.807, 2.05) is 56.3 Å². The van der Waals surface area contributed by atoms with Gasteiger partial charge in [0.1, 0.15) is 4.88 Å². The Kier molecular flexibility index (Phi) is 6.25. The van der Waals surface area contributed by atoms with Crippen LogP contribution in [0.4, 0.5) is 5.69 Å². The van der Waals surface area contributed by atoms with E-state index < -0.39 is 18.0 Å². The lowest BCUT2D eigenvalue weighted by Gasteiger charge is -2.14. The van der Waals surface area contributed by atoms with Crippen LogP contribution >= 0.6 is 22.7 Å². The van der Waals surface area contributed by atoms with Crippen molar-refractivity contribution < 1.29 is 19.1 Å². The predicted molar refractivity (Wildman–Crippen MR) is 130 cm³/mol. The standard InChI is InChI=1S/C24H22N2O4S2/c1-13-7-6-8-14(2)21(13)26-20(27)12-25-23(28)15(3)30-24(29)19-11-18-22(32-19)16-9-4-5-10-17(16)31-18/h4-11,15H,12H2,1-3H3,(H,25,28)(H,26,27). The first-order chi connectivity index (χ1) is 15.3. The maximum absolute atomic E-state index is 12.6. The van der Waals surface area contributed by atoms with Crippen molar-refractivity contribution in [2.75, 3.05) is 11.9 Å². The zero-order valence-electron chi connectivity index (χ0n) is 17.9. The van der Waals surface area contributed by atoms with E-state index in [1.165, 1.54) is 23.0 Å². The Hall–Kier alpha value is -3.23. The Morgan fingerprint density at radius 3 is 2.44 bits per heavy atom. The summed E-state index contributed by atoms with van der Waals surface area (Å²) in [6.45, 7) is 5.08. The van der Waals surface area contributed by atoms with Gasteiger partial charge in [0, 0.05) is 20.5 Å². The highest BCUT2D eigenvalue weighted by molar-refractivity contribution is 7.33. The minimum atomic E-state index is -1.02. The molecule has 1 atom stereocenters. The van der Waals surface area contributed by atoms with Gasteiger partial charge in [-0.15, -0.1) is 22.7 Å². The second kappa shape index (κ2) is 9.10. The molecular formula is C24H22N2O4S2. The summed E-state index contributed by atoms with van der Waals surface area (Å²) in [5.41, 5.74) is 2.61. The zero-order valence-corrected chi connectivity index (χ0v) is 19.5. The number of benzene rings is 2. The first-order valence-corrected chi connectivity index (χ1v) is 11.7. The number of amides is 2. The number of carbonyl (C=O) groups excluding carboxylic acids is 3. The summed E-state index contributed by atoms with van der Waals surface area (Å²) in [5.74, 6) is -1.43. The Labute approximate surface area is 193 Å². The minimum absolute atomic E-state index is 0.213. The SMILES string of the molecule is Cc1cccc(C)c1NC(=O)CNC(=O)C(C)OC(=O)c1cc2sc3ccccc3c2s1. The number of carbonyl (C=O) groups is 3. The second-order valence-electron chi connectivity index (χ2n) is 7.48. The van der Waals surface area contributed by atoms with Gasteiger partial charge in [-0.2, -0.15) is 0 Å². The van der Waals surface area contributed by atoms with Crippen LogP contribution in [-0.2, 0) is 14.3 Å². The first kappa shape index (κ1) is 22.0. The lowest BCUT2D eigenvalue weighted by atomic mass is 10.1. The van der Waals surface area contributed by atoms with Crippen LogP contribution in [0, 0.1) is 13.8 Å². The molecule has 0 saturated heterocycles. The van der Waals surface area contributed by atoms with Crippen molar-refractivity contribution in [3.8, 4) is 0 Å². The van der Waals surface area contributed by atoms with E-state index in [9.17, 15) is 14.4 Å². The van der Waals surface area contributed by atoms with Crippen LogP contribution in [0.5, 0.6) is 0 Å². The molecule has 0 aliphatic carbocycles. The molecule has 0 radical (unpaired) electrons. The summed E-state index contributed by atoms with van der Waals surface area (Å²) < 4.78 is 8.55. The molecule has 8 heteroatoms. The Balaban J connectivity index is 1.33. The van der Waals surface area contributed by atoms with Gasteiger partial charge in [0.25, 0.3) is 5.91 Å². The van der Waals surface area contributed by atoms with Crippen LogP contribution in [0.3, 0.4) is 0 Å². The van der Waals surface area contributed by atoms with E-state index >= 15 is 0 Å². The highest BCUT2D eigenvalue weighted by Crippen LogP contribution is 2.39. The third kappa shape index (κ3) is 4.51. The summed E-state index contributed by atoms with van der Waals surface area (Å²) in [6, 6.07) is 15.6. The maximum Gasteiger partial charge on any atom is 0.349 e. The lowest BCUT2D eigenvalue weighted by molar-refractivity contribution is -0.130. The smallest absolute Gasteiger partial charge is 0.349 e. The van der Waals surface area contributed by atoms with Crippen molar-refractivity contribution in [3.05, 3.63) is 64.5 Å². The first-order valence-electron chi connectivity index (χ1n) is 10.1. The van der Waals surface area contributed by atoms with E-state index in [0.717, 1.165) is 31.6 Å². The molecule has 0 spiro atoms. The van der Waals surface area contributed by atoms with Crippen LogP contribution < -0.4 is 10.6 Å². The number of aryl methyl sites for hydroxylation is 2. The predicted octanol–water partition coefficient (Wildman–Crippen LogP) is 5.03. The molecule has 0 aliphatic heterocycles. The number of esters is 1. The van der Waals surface area contributed by atoms with Crippen molar-refractivity contribution in [3.63, 3.8) is 0 Å². The quantitative estimate of drug-likeness (QED) is 0.390. The third-order valence-corrected chi connectivity index (χ3v) is 7.47. The van der Waals surface area contributed by atoms with Gasteiger partial charge in [-0.05, 0) is 44.0 Å². The Bertz CT molecular complexity index is 1320. The Morgan fingerprint density at radius 2 is 1.69 bits per heavy atom. The normalized spacial score (nSPS) is 12.0. The summed E-state index contributed by atoms with van der Waals surface area (Å²) in [4.78, 5) is 37.6. The molecule has 6 nitrogen and oxygen atoms in total. The van der Waals surface area contributed by atoms with E-state index in [1.54, 1.807) is 17.4 Å². The Morgan fingerprint density at radius 1 is 0.969 bits per heavy atom. The number of hydrogen-bond acceptors (Lipinski definition) is 6. The van der Waals surface area contributed by atoms with E-state index in [-0.39, 0.29) is 12.5 Å².